The molecule has 1 aliphatic carbocycles. The lowest BCUT2D eigenvalue weighted by molar-refractivity contribution is -0.130. The van der Waals surface area contributed by atoms with E-state index < -0.39 is 15.3 Å². The van der Waals surface area contributed by atoms with Gasteiger partial charge in [0.2, 0.25) is 11.8 Å². The average molecular weight is 526 g/mol. The molecular formula is C22H24ClN3O4S3. The number of hydrogen-bond donors (Lipinski definition) is 1. The fraction of sp³-hybridized carbons (Fsp3) is 0.409. The molecule has 7 nitrogen and oxygen atoms in total. The topological polar surface area (TPSA) is 95.9 Å². The van der Waals surface area contributed by atoms with E-state index in [-0.39, 0.29) is 33.7 Å². The molecule has 4 rings (SSSR count). The fourth-order valence-electron chi connectivity index (χ4n) is 3.96. The van der Waals surface area contributed by atoms with E-state index in [0.717, 1.165) is 60.8 Å². The lowest BCUT2D eigenvalue weighted by Crippen LogP contribution is -2.42. The number of amidine groups is 1. The van der Waals surface area contributed by atoms with Crippen molar-refractivity contribution >= 4 is 67.4 Å². The third-order valence-electron chi connectivity index (χ3n) is 5.61. The summed E-state index contributed by atoms with van der Waals surface area (Å²) in [6.07, 6.45) is 4.55. The summed E-state index contributed by atoms with van der Waals surface area (Å²) in [7, 11) is -4.02. The zero-order valence-electron chi connectivity index (χ0n) is 18.0. The smallest absolute Gasteiger partial charge is 0.294 e. The Hall–Kier alpha value is -1.88. The van der Waals surface area contributed by atoms with Crippen molar-refractivity contribution in [1.82, 2.24) is 4.90 Å². The highest BCUT2D eigenvalue weighted by atomic mass is 35.5. The second kappa shape index (κ2) is 10.2. The Balaban J connectivity index is 1.56. The number of hydrogen-bond acceptors (Lipinski definition) is 6. The second-order valence-electron chi connectivity index (χ2n) is 8.13. The molecule has 1 atom stereocenters. The summed E-state index contributed by atoms with van der Waals surface area (Å²) in [6.45, 7) is 1.96. The number of sulfonamides is 1. The minimum absolute atomic E-state index is 0.0252. The van der Waals surface area contributed by atoms with Crippen LogP contribution in [0.2, 0.25) is 4.34 Å². The molecule has 1 aromatic heterocycles. The van der Waals surface area contributed by atoms with Gasteiger partial charge in [-0.3, -0.25) is 14.5 Å². The molecule has 2 heterocycles. The van der Waals surface area contributed by atoms with Gasteiger partial charge in [0.25, 0.3) is 10.0 Å². The summed E-state index contributed by atoms with van der Waals surface area (Å²) in [5, 5.41) is 2.23. The Kier molecular flexibility index (Phi) is 7.47. The van der Waals surface area contributed by atoms with Crippen LogP contribution in [0.3, 0.4) is 0 Å². The lowest BCUT2D eigenvalue weighted by Gasteiger charge is -2.30. The molecule has 0 spiro atoms. The van der Waals surface area contributed by atoms with Gasteiger partial charge in [-0.1, -0.05) is 60.3 Å². The quantitative estimate of drug-likeness (QED) is 0.568. The highest BCUT2D eigenvalue weighted by molar-refractivity contribution is 8.16. The van der Waals surface area contributed by atoms with Crippen molar-refractivity contribution in [2.24, 2.45) is 4.40 Å². The Morgan fingerprint density at radius 3 is 2.48 bits per heavy atom. The Morgan fingerprint density at radius 1 is 1.15 bits per heavy atom. The monoisotopic (exact) mass is 525 g/mol. The highest BCUT2D eigenvalue weighted by Crippen LogP contribution is 2.37. The van der Waals surface area contributed by atoms with Gasteiger partial charge in [0.05, 0.1) is 4.34 Å². The van der Waals surface area contributed by atoms with E-state index in [0.29, 0.717) is 10.0 Å². The van der Waals surface area contributed by atoms with Gasteiger partial charge in [-0.2, -0.15) is 8.42 Å². The van der Waals surface area contributed by atoms with E-state index in [1.54, 1.807) is 12.1 Å². The average Bonchev–Trinajstić information content (AvgIpc) is 3.34. The van der Waals surface area contributed by atoms with E-state index in [9.17, 15) is 18.0 Å². The van der Waals surface area contributed by atoms with Crippen LogP contribution in [-0.4, -0.2) is 41.6 Å². The first-order chi connectivity index (χ1) is 15.7. The molecule has 0 radical (unpaired) electrons. The number of carbonyl (C=O) groups is 2. The maximum Gasteiger partial charge on any atom is 0.294 e. The molecule has 2 amide bonds. The number of nitrogens with zero attached hydrogens (tertiary/aromatic N) is 2. The minimum atomic E-state index is -4.02. The summed E-state index contributed by atoms with van der Waals surface area (Å²) in [6, 6.07) is 10.2. The SMILES string of the molecule is Cc1ccc(NC(=O)C[C@H]2SC(=NS(=O)(=O)c3ccc(Cl)s3)N(C3CCCCC3)C2=O)cc1. The van der Waals surface area contributed by atoms with E-state index in [1.807, 2.05) is 19.1 Å². The molecule has 2 aromatic rings. The first-order valence-electron chi connectivity index (χ1n) is 10.7. The van der Waals surface area contributed by atoms with Crippen molar-refractivity contribution < 1.29 is 18.0 Å². The molecule has 1 saturated carbocycles. The van der Waals surface area contributed by atoms with Crippen LogP contribution in [0.15, 0.2) is 45.0 Å². The number of rotatable bonds is 6. The molecule has 11 heteroatoms. The van der Waals surface area contributed by atoms with Gasteiger partial charge in [-0.05, 0) is 44.0 Å². The molecule has 176 valence electrons. The number of halogens is 1. The molecule has 1 N–H and O–H groups in total. The van der Waals surface area contributed by atoms with Crippen LogP contribution in [0.5, 0.6) is 0 Å². The molecule has 2 fully saturated rings. The Labute approximate surface area is 206 Å². The molecule has 1 saturated heterocycles. The molecule has 0 bridgehead atoms. The number of carbonyl (C=O) groups excluding carboxylic acids is 2. The van der Waals surface area contributed by atoms with Crippen molar-refractivity contribution in [3.63, 3.8) is 0 Å². The molecule has 2 aliphatic rings. The molecule has 0 unspecified atom stereocenters. The highest BCUT2D eigenvalue weighted by Gasteiger charge is 2.43. The molecule has 1 aliphatic heterocycles. The largest absolute Gasteiger partial charge is 0.326 e. The number of benzene rings is 1. The van der Waals surface area contributed by atoms with Crippen LogP contribution in [0, 0.1) is 6.92 Å². The number of anilines is 1. The maximum absolute atomic E-state index is 13.3. The lowest BCUT2D eigenvalue weighted by atomic mass is 9.94. The number of thioether (sulfide) groups is 1. The molecule has 33 heavy (non-hydrogen) atoms. The van der Waals surface area contributed by atoms with E-state index >= 15 is 0 Å². The van der Waals surface area contributed by atoms with Crippen LogP contribution in [0.1, 0.15) is 44.1 Å². The Morgan fingerprint density at radius 2 is 1.85 bits per heavy atom. The Bertz CT molecular complexity index is 1170. The van der Waals surface area contributed by atoms with Crippen molar-refractivity contribution in [2.75, 3.05) is 5.32 Å². The summed E-state index contributed by atoms with van der Waals surface area (Å²) >= 11 is 7.87. The normalized spacial score (nSPS) is 21.0. The fourth-order valence-corrected chi connectivity index (χ4v) is 7.82. The van der Waals surface area contributed by atoms with E-state index in [2.05, 4.69) is 9.71 Å². The van der Waals surface area contributed by atoms with Crippen molar-refractivity contribution in [3.8, 4) is 0 Å². The van der Waals surface area contributed by atoms with Crippen molar-refractivity contribution in [2.45, 2.75) is 60.9 Å². The summed E-state index contributed by atoms with van der Waals surface area (Å²) in [4.78, 5) is 27.5. The zero-order chi connectivity index (χ0) is 23.6. The standard InChI is InChI=1S/C22H24ClN3O4S3/c1-14-7-9-15(10-8-14)24-19(27)13-17-21(28)26(16-5-3-2-4-6-16)22(31-17)25-33(29,30)20-12-11-18(23)32-20/h7-12,16-17H,2-6,13H2,1H3,(H,24,27)/t17-/m1/s1. The van der Waals surface area contributed by atoms with Crippen LogP contribution in [0.4, 0.5) is 5.69 Å². The van der Waals surface area contributed by atoms with Crippen LogP contribution in [0.25, 0.3) is 0 Å². The van der Waals surface area contributed by atoms with Crippen LogP contribution >= 0.6 is 34.7 Å². The summed E-state index contributed by atoms with van der Waals surface area (Å²) < 4.78 is 30.1. The predicted molar refractivity (Wildman–Crippen MR) is 133 cm³/mol. The van der Waals surface area contributed by atoms with Gasteiger partial charge in [0.15, 0.2) is 5.17 Å². The van der Waals surface area contributed by atoms with Crippen molar-refractivity contribution in [1.29, 1.82) is 0 Å². The van der Waals surface area contributed by atoms with Gasteiger partial charge in [0.1, 0.15) is 9.46 Å². The first-order valence-corrected chi connectivity index (χ1v) is 14.2. The second-order valence-corrected chi connectivity index (χ2v) is 12.8. The summed E-state index contributed by atoms with van der Waals surface area (Å²) in [5.41, 5.74) is 1.72. The van der Waals surface area contributed by atoms with Crippen LogP contribution in [-0.2, 0) is 19.6 Å². The zero-order valence-corrected chi connectivity index (χ0v) is 21.2. The third kappa shape index (κ3) is 5.79. The van der Waals surface area contributed by atoms with Crippen LogP contribution < -0.4 is 5.32 Å². The number of amides is 2. The molecule has 1 aromatic carbocycles. The third-order valence-corrected chi connectivity index (χ3v) is 9.85. The van der Waals surface area contributed by atoms with Gasteiger partial charge in [-0.15, -0.1) is 15.7 Å². The predicted octanol–water partition coefficient (Wildman–Crippen LogP) is 5.06. The van der Waals surface area contributed by atoms with Gasteiger partial charge >= 0.3 is 0 Å². The van der Waals surface area contributed by atoms with E-state index in [1.165, 1.54) is 17.0 Å². The van der Waals surface area contributed by atoms with Crippen molar-refractivity contribution in [3.05, 3.63) is 46.3 Å². The minimum Gasteiger partial charge on any atom is -0.326 e. The van der Waals surface area contributed by atoms with Gasteiger partial charge < -0.3 is 5.32 Å². The van der Waals surface area contributed by atoms with Gasteiger partial charge in [0, 0.05) is 18.2 Å². The number of aryl methyl sites for hydroxylation is 1. The number of nitrogens with one attached hydrogen (secondary N) is 1. The van der Waals surface area contributed by atoms with E-state index in [4.69, 9.17) is 11.6 Å². The molecular weight excluding hydrogens is 502 g/mol. The number of thiophene rings is 1. The van der Waals surface area contributed by atoms with Gasteiger partial charge in [-0.25, -0.2) is 0 Å². The first kappa shape index (κ1) is 24.3. The maximum atomic E-state index is 13.3. The summed E-state index contributed by atoms with van der Waals surface area (Å²) in [5.74, 6) is -0.563.